The topological polar surface area (TPSA) is 49.8 Å². The second-order valence-corrected chi connectivity index (χ2v) is 9.08. The van der Waals surface area contributed by atoms with Crippen LogP contribution in [0.4, 0.5) is 0 Å². The van der Waals surface area contributed by atoms with Crippen LogP contribution in [-0.2, 0) is 22.3 Å². The number of hydrogen-bond acceptors (Lipinski definition) is 5. The molecular formula is C30H37NO4. The molecule has 0 fully saturated rings. The van der Waals surface area contributed by atoms with Crippen LogP contribution in [0.15, 0.2) is 49.2 Å². The lowest BCUT2D eigenvalue weighted by Gasteiger charge is -2.23. The van der Waals surface area contributed by atoms with Crippen LogP contribution in [0.1, 0.15) is 55.4 Å². The number of ether oxygens (including phenoxy) is 4. The van der Waals surface area contributed by atoms with Gasteiger partial charge in [0.25, 0.3) is 0 Å². The van der Waals surface area contributed by atoms with Gasteiger partial charge in [0.15, 0.2) is 11.5 Å². The summed E-state index contributed by atoms with van der Waals surface area (Å²) >= 11 is 0. The van der Waals surface area contributed by atoms with Crippen LogP contribution in [0.2, 0.25) is 0 Å². The minimum atomic E-state index is 0.359. The lowest BCUT2D eigenvalue weighted by Crippen LogP contribution is -2.16. The Kier molecular flexibility index (Phi) is 8.78. The predicted molar refractivity (Wildman–Crippen MR) is 142 cm³/mol. The van der Waals surface area contributed by atoms with E-state index in [2.05, 4.69) is 57.7 Å². The molecule has 1 aliphatic heterocycles. The van der Waals surface area contributed by atoms with Crippen molar-refractivity contribution in [3.05, 3.63) is 71.4 Å². The first-order chi connectivity index (χ1) is 17.1. The Morgan fingerprint density at radius 2 is 1.63 bits per heavy atom. The lowest BCUT2D eigenvalue weighted by atomic mass is 9.84. The zero-order valence-electron chi connectivity index (χ0n) is 21.3. The summed E-state index contributed by atoms with van der Waals surface area (Å²) in [5.41, 5.74) is 7.19. The van der Waals surface area contributed by atoms with Gasteiger partial charge in [-0.05, 0) is 60.4 Å². The van der Waals surface area contributed by atoms with E-state index in [1.54, 1.807) is 0 Å². The van der Waals surface area contributed by atoms with Gasteiger partial charge in [-0.25, -0.2) is 0 Å². The Bertz CT molecular complexity index is 1160. The molecule has 3 aromatic rings. The van der Waals surface area contributed by atoms with Crippen molar-refractivity contribution in [2.45, 2.75) is 46.0 Å². The first-order valence-electron chi connectivity index (χ1n) is 12.7. The quantitative estimate of drug-likeness (QED) is 0.415. The second-order valence-electron chi connectivity index (χ2n) is 9.08. The van der Waals surface area contributed by atoms with Gasteiger partial charge in [-0.2, -0.15) is 0 Å². The SMILES string of the molecule is C=C(C)c1cccc(CC(CC)c2c(CC)cnc3cc4c(cc23)OCCOCCOCCO4)c1. The van der Waals surface area contributed by atoms with E-state index in [0.29, 0.717) is 51.3 Å². The van der Waals surface area contributed by atoms with Crippen molar-refractivity contribution in [1.29, 1.82) is 0 Å². The molecule has 0 bridgehead atoms. The average molecular weight is 476 g/mol. The fourth-order valence-corrected chi connectivity index (χ4v) is 4.69. The summed E-state index contributed by atoms with van der Waals surface area (Å²) < 4.78 is 23.4. The first kappa shape index (κ1) is 25.2. The third-order valence-electron chi connectivity index (χ3n) is 6.58. The molecule has 2 aromatic carbocycles. The molecule has 0 spiro atoms. The maximum Gasteiger partial charge on any atom is 0.163 e. The third kappa shape index (κ3) is 6.22. The van der Waals surface area contributed by atoms with E-state index in [9.17, 15) is 0 Å². The normalized spacial score (nSPS) is 15.7. The number of allylic oxidation sites excluding steroid dienone is 1. The zero-order valence-corrected chi connectivity index (χ0v) is 21.3. The highest BCUT2D eigenvalue weighted by atomic mass is 16.6. The summed E-state index contributed by atoms with van der Waals surface area (Å²) in [5.74, 6) is 1.79. The van der Waals surface area contributed by atoms with E-state index in [1.807, 2.05) is 12.3 Å². The van der Waals surface area contributed by atoms with E-state index in [4.69, 9.17) is 23.9 Å². The molecular weight excluding hydrogens is 438 g/mol. The smallest absolute Gasteiger partial charge is 0.163 e. The number of rotatable bonds is 6. The minimum Gasteiger partial charge on any atom is -0.487 e. The highest BCUT2D eigenvalue weighted by Gasteiger charge is 2.21. The number of pyridine rings is 1. The molecule has 0 saturated heterocycles. The van der Waals surface area contributed by atoms with Crippen molar-refractivity contribution >= 4 is 16.5 Å². The minimum absolute atomic E-state index is 0.359. The van der Waals surface area contributed by atoms with Crippen LogP contribution in [0.5, 0.6) is 11.5 Å². The van der Waals surface area contributed by atoms with E-state index in [-0.39, 0.29) is 0 Å². The summed E-state index contributed by atoms with van der Waals surface area (Å²) in [4.78, 5) is 4.81. The Hall–Kier alpha value is -2.89. The fraction of sp³-hybridized carbons (Fsp3) is 0.433. The van der Waals surface area contributed by atoms with Gasteiger partial charge in [-0.1, -0.05) is 50.3 Å². The molecule has 0 aliphatic carbocycles. The monoisotopic (exact) mass is 475 g/mol. The summed E-state index contributed by atoms with van der Waals surface area (Å²) in [7, 11) is 0. The molecule has 0 saturated carbocycles. The summed E-state index contributed by atoms with van der Waals surface area (Å²) in [6.07, 6.45) is 4.96. The molecule has 5 nitrogen and oxygen atoms in total. The van der Waals surface area contributed by atoms with Crippen molar-refractivity contribution in [1.82, 2.24) is 4.98 Å². The van der Waals surface area contributed by atoms with Gasteiger partial charge in [-0.3, -0.25) is 4.98 Å². The van der Waals surface area contributed by atoms with Gasteiger partial charge < -0.3 is 18.9 Å². The lowest BCUT2D eigenvalue weighted by molar-refractivity contribution is 0.0224. The maximum atomic E-state index is 6.14. The molecule has 1 atom stereocenters. The Morgan fingerprint density at radius 1 is 0.943 bits per heavy atom. The molecule has 4 rings (SSSR count). The molecule has 2 heterocycles. The van der Waals surface area contributed by atoms with E-state index < -0.39 is 0 Å². The number of nitrogens with zero attached hydrogens (tertiary/aromatic N) is 1. The average Bonchev–Trinajstić information content (AvgIpc) is 2.86. The van der Waals surface area contributed by atoms with Crippen molar-refractivity contribution in [3.63, 3.8) is 0 Å². The first-order valence-corrected chi connectivity index (χ1v) is 12.7. The van der Waals surface area contributed by atoms with Gasteiger partial charge in [-0.15, -0.1) is 0 Å². The molecule has 1 aromatic heterocycles. The van der Waals surface area contributed by atoms with E-state index in [1.165, 1.54) is 22.3 Å². The van der Waals surface area contributed by atoms with Crippen LogP contribution in [0, 0.1) is 0 Å². The number of benzene rings is 2. The van der Waals surface area contributed by atoms with Crippen molar-refractivity contribution < 1.29 is 18.9 Å². The van der Waals surface area contributed by atoms with Crippen molar-refractivity contribution in [2.24, 2.45) is 0 Å². The van der Waals surface area contributed by atoms with Gasteiger partial charge >= 0.3 is 0 Å². The van der Waals surface area contributed by atoms with Crippen LogP contribution in [0.25, 0.3) is 16.5 Å². The Morgan fingerprint density at radius 3 is 2.29 bits per heavy atom. The second kappa shape index (κ2) is 12.2. The Labute approximate surface area is 209 Å². The molecule has 0 amide bonds. The zero-order chi connectivity index (χ0) is 24.6. The van der Waals surface area contributed by atoms with Crippen molar-refractivity contribution in [3.8, 4) is 11.5 Å². The highest BCUT2D eigenvalue weighted by molar-refractivity contribution is 5.87. The largest absolute Gasteiger partial charge is 0.487 e. The number of fused-ring (bicyclic) bond motifs is 2. The van der Waals surface area contributed by atoms with Crippen LogP contribution in [0.3, 0.4) is 0 Å². The van der Waals surface area contributed by atoms with E-state index >= 15 is 0 Å². The molecule has 5 heteroatoms. The molecule has 0 radical (unpaired) electrons. The van der Waals surface area contributed by atoms with Crippen LogP contribution < -0.4 is 9.47 Å². The highest BCUT2D eigenvalue weighted by Crippen LogP contribution is 2.39. The van der Waals surface area contributed by atoms with Crippen LogP contribution in [-0.4, -0.2) is 44.6 Å². The molecule has 186 valence electrons. The van der Waals surface area contributed by atoms with Crippen molar-refractivity contribution in [2.75, 3.05) is 39.6 Å². The molecule has 35 heavy (non-hydrogen) atoms. The Balaban J connectivity index is 1.75. The molecule has 0 N–H and O–H groups in total. The number of aryl methyl sites for hydroxylation is 1. The molecule has 1 unspecified atom stereocenters. The number of hydrogen-bond donors (Lipinski definition) is 0. The maximum absolute atomic E-state index is 6.14. The summed E-state index contributed by atoms with van der Waals surface area (Å²) in [5, 5.41) is 1.14. The predicted octanol–water partition coefficient (Wildman–Crippen LogP) is 6.37. The molecule has 1 aliphatic rings. The third-order valence-corrected chi connectivity index (χ3v) is 6.58. The van der Waals surface area contributed by atoms with E-state index in [0.717, 1.165) is 41.5 Å². The fourth-order valence-electron chi connectivity index (χ4n) is 4.69. The summed E-state index contributed by atoms with van der Waals surface area (Å²) in [6.45, 7) is 13.7. The van der Waals surface area contributed by atoms with Gasteiger partial charge in [0, 0.05) is 17.6 Å². The van der Waals surface area contributed by atoms with Gasteiger partial charge in [0.05, 0.1) is 31.9 Å². The summed E-state index contributed by atoms with van der Waals surface area (Å²) in [6, 6.07) is 12.9. The van der Waals surface area contributed by atoms with Crippen LogP contribution >= 0.6 is 0 Å². The standard InChI is InChI=1S/C30H37NO4/c1-5-23(16-22-8-7-9-25(17-22)21(3)4)30-24(6-2)20-31-27-19-29-28(18-26(27)30)34-14-12-32-10-11-33-13-15-35-29/h7-9,17-20,23H,3,5-6,10-16H2,1-2,4H3. The van der Waals surface area contributed by atoms with Gasteiger partial charge in [0.2, 0.25) is 0 Å². The number of aromatic nitrogens is 1. The van der Waals surface area contributed by atoms with Gasteiger partial charge in [0.1, 0.15) is 13.2 Å².